The van der Waals surface area contributed by atoms with E-state index in [0.717, 1.165) is 64.2 Å². The molecule has 6 heteroatoms. The van der Waals surface area contributed by atoms with Crippen LogP contribution in [0.2, 0.25) is 0 Å². The van der Waals surface area contributed by atoms with Crippen LogP contribution < -0.4 is 5.32 Å². The number of unbranched alkanes of at least 4 members (excludes halogenated alkanes) is 19. The lowest BCUT2D eigenvalue weighted by atomic mass is 10.0. The van der Waals surface area contributed by atoms with Gasteiger partial charge in [-0.3, -0.25) is 9.59 Å². The number of aliphatic hydroxyl groups is 2. The van der Waals surface area contributed by atoms with Crippen LogP contribution in [0.1, 0.15) is 201 Å². The number of hydrogen-bond acceptors (Lipinski definition) is 5. The van der Waals surface area contributed by atoms with Crippen molar-refractivity contribution in [2.24, 2.45) is 0 Å². The van der Waals surface area contributed by atoms with E-state index in [1.807, 2.05) is 60.8 Å². The zero-order valence-electron chi connectivity index (χ0n) is 38.1. The van der Waals surface area contributed by atoms with Crippen molar-refractivity contribution in [2.75, 3.05) is 6.61 Å². The molecule has 0 aromatic heterocycles. The van der Waals surface area contributed by atoms with Gasteiger partial charge in [0.15, 0.2) is 0 Å². The van der Waals surface area contributed by atoms with Crippen molar-refractivity contribution in [1.29, 1.82) is 0 Å². The van der Waals surface area contributed by atoms with Gasteiger partial charge < -0.3 is 20.3 Å². The van der Waals surface area contributed by atoms with E-state index >= 15 is 0 Å². The molecule has 0 radical (unpaired) electrons. The second-order valence-electron chi connectivity index (χ2n) is 16.0. The third-order valence-electron chi connectivity index (χ3n) is 10.3. The number of esters is 1. The number of ether oxygens (including phenoxy) is 1. The van der Waals surface area contributed by atoms with Gasteiger partial charge in [0.05, 0.1) is 25.2 Å². The highest BCUT2D eigenvalue weighted by Crippen LogP contribution is 2.16. The Morgan fingerprint density at radius 3 is 1.47 bits per heavy atom. The Morgan fingerprint density at radius 2 is 0.932 bits per heavy atom. The van der Waals surface area contributed by atoms with Crippen molar-refractivity contribution in [3.8, 4) is 0 Å². The van der Waals surface area contributed by atoms with Crippen LogP contribution in [-0.2, 0) is 14.3 Å². The summed E-state index contributed by atoms with van der Waals surface area (Å²) in [4.78, 5) is 26.0. The molecule has 0 saturated carbocycles. The minimum atomic E-state index is -0.813. The Hall–Kier alpha value is -3.22. The summed E-state index contributed by atoms with van der Waals surface area (Å²) in [6, 6.07) is -0.732. The summed E-state index contributed by atoms with van der Waals surface area (Å²) < 4.78 is 5.87. The van der Waals surface area contributed by atoms with Crippen LogP contribution in [0, 0.1) is 0 Å². The molecule has 1 amide bonds. The van der Waals surface area contributed by atoms with Gasteiger partial charge in [0.25, 0.3) is 0 Å². The third-order valence-corrected chi connectivity index (χ3v) is 10.3. The quantitative estimate of drug-likeness (QED) is 0.0324. The van der Waals surface area contributed by atoms with Crippen LogP contribution in [0.3, 0.4) is 0 Å². The second kappa shape index (κ2) is 45.9. The first kappa shape index (κ1) is 55.8. The van der Waals surface area contributed by atoms with Gasteiger partial charge in [0.1, 0.15) is 6.10 Å². The smallest absolute Gasteiger partial charge is 0.306 e. The maximum atomic E-state index is 13.1. The average molecular weight is 820 g/mol. The van der Waals surface area contributed by atoms with E-state index in [4.69, 9.17) is 4.74 Å². The van der Waals surface area contributed by atoms with E-state index in [9.17, 15) is 19.8 Å². The van der Waals surface area contributed by atoms with E-state index in [1.165, 1.54) is 89.9 Å². The highest BCUT2D eigenvalue weighted by Gasteiger charge is 2.24. The predicted molar refractivity (Wildman–Crippen MR) is 254 cm³/mol. The van der Waals surface area contributed by atoms with E-state index in [-0.39, 0.29) is 24.9 Å². The van der Waals surface area contributed by atoms with Crippen molar-refractivity contribution in [1.82, 2.24) is 5.32 Å². The van der Waals surface area contributed by atoms with Crippen molar-refractivity contribution in [2.45, 2.75) is 219 Å². The summed E-state index contributed by atoms with van der Waals surface area (Å²) in [5.74, 6) is -0.573. The molecule has 336 valence electrons. The summed E-state index contributed by atoms with van der Waals surface area (Å²) in [6.07, 6.45) is 60.3. The molecule has 0 aliphatic heterocycles. The van der Waals surface area contributed by atoms with Gasteiger partial charge in [0.2, 0.25) is 5.91 Å². The van der Waals surface area contributed by atoms with Crippen LogP contribution in [0.15, 0.2) is 97.2 Å². The molecular weight excluding hydrogens is 731 g/mol. The fourth-order valence-electron chi connectivity index (χ4n) is 6.69. The van der Waals surface area contributed by atoms with Gasteiger partial charge >= 0.3 is 5.97 Å². The van der Waals surface area contributed by atoms with Crippen LogP contribution >= 0.6 is 0 Å². The SMILES string of the molecule is CC\C=C/C=C/C=C/C=C\C=C\C=C\CCCC(CC(=O)NC(CO)C(O)CCCCCCCCCCCC)OC(=O)CCCCCCCC/C=C/C=C/CCCCC. The monoisotopic (exact) mass is 820 g/mol. The number of allylic oxidation sites excluding steroid dienone is 16. The van der Waals surface area contributed by atoms with Gasteiger partial charge in [-0.15, -0.1) is 0 Å². The molecule has 3 atom stereocenters. The van der Waals surface area contributed by atoms with Crippen LogP contribution in [0.25, 0.3) is 0 Å². The van der Waals surface area contributed by atoms with Gasteiger partial charge in [-0.1, -0.05) is 221 Å². The molecule has 0 aromatic carbocycles. The van der Waals surface area contributed by atoms with Crippen LogP contribution in [-0.4, -0.2) is 46.9 Å². The standard InChI is InChI=1S/C53H89NO5/c1-4-7-10-13-16-19-22-24-26-28-30-32-35-38-41-44-49(59-53(58)46-43-40-37-34-31-29-27-25-23-20-17-14-11-8-5-2)47-52(57)54-50(48-55)51(56)45-42-39-36-33-21-18-15-12-9-6-3/h7,10,13,16-17,19-20,22-26,28,30,32,35,49-51,55-56H,4-6,8-9,11-12,14-15,18,21,27,29,31,33-34,36-48H2,1-3H3,(H,54,57)/b10-7-,16-13+,20-17+,22-19+,25-23+,26-24-,30-28+,35-32+. The lowest BCUT2D eigenvalue weighted by molar-refractivity contribution is -0.151. The van der Waals surface area contributed by atoms with E-state index in [2.05, 4.69) is 62.5 Å². The molecule has 0 heterocycles. The van der Waals surface area contributed by atoms with Crippen LogP contribution in [0.4, 0.5) is 0 Å². The Kier molecular flexibility index (Phi) is 43.4. The Balaban J connectivity index is 4.80. The van der Waals surface area contributed by atoms with Gasteiger partial charge in [-0.05, 0) is 64.2 Å². The minimum Gasteiger partial charge on any atom is -0.462 e. The van der Waals surface area contributed by atoms with E-state index in [0.29, 0.717) is 19.3 Å². The summed E-state index contributed by atoms with van der Waals surface area (Å²) in [5.41, 5.74) is 0. The van der Waals surface area contributed by atoms with Crippen molar-refractivity contribution in [3.63, 3.8) is 0 Å². The van der Waals surface area contributed by atoms with Crippen molar-refractivity contribution < 1.29 is 24.5 Å². The maximum absolute atomic E-state index is 13.1. The molecule has 0 saturated heterocycles. The number of aliphatic hydroxyl groups excluding tert-OH is 2. The zero-order valence-corrected chi connectivity index (χ0v) is 38.1. The molecule has 0 rings (SSSR count). The second-order valence-corrected chi connectivity index (χ2v) is 16.0. The molecular formula is C53H89NO5. The lowest BCUT2D eigenvalue weighted by Crippen LogP contribution is -2.46. The minimum absolute atomic E-state index is 0.0162. The van der Waals surface area contributed by atoms with Gasteiger partial charge in [-0.25, -0.2) is 0 Å². The predicted octanol–water partition coefficient (Wildman–Crippen LogP) is 14.2. The van der Waals surface area contributed by atoms with Crippen LogP contribution in [0.5, 0.6) is 0 Å². The van der Waals surface area contributed by atoms with Gasteiger partial charge in [-0.2, -0.15) is 0 Å². The Bertz CT molecular complexity index is 1190. The maximum Gasteiger partial charge on any atom is 0.306 e. The molecule has 0 spiro atoms. The number of rotatable bonds is 41. The Labute approximate surface area is 363 Å². The zero-order chi connectivity index (χ0) is 43.1. The highest BCUT2D eigenvalue weighted by atomic mass is 16.5. The molecule has 0 fully saturated rings. The summed E-state index contributed by atoms with van der Waals surface area (Å²) in [6.45, 7) is 6.25. The fourth-order valence-corrected chi connectivity index (χ4v) is 6.69. The number of amides is 1. The number of carbonyl (C=O) groups is 2. The average Bonchev–Trinajstić information content (AvgIpc) is 3.23. The molecule has 0 aromatic rings. The largest absolute Gasteiger partial charge is 0.462 e. The normalized spacial score (nSPS) is 14.2. The number of nitrogens with one attached hydrogen (secondary N) is 1. The molecule has 6 nitrogen and oxygen atoms in total. The summed E-state index contributed by atoms with van der Waals surface area (Å²) >= 11 is 0. The van der Waals surface area contributed by atoms with E-state index in [1.54, 1.807) is 0 Å². The first-order valence-corrected chi connectivity index (χ1v) is 24.1. The molecule has 0 aliphatic carbocycles. The number of carbonyl (C=O) groups excluding carboxylic acids is 2. The molecule has 3 unspecified atom stereocenters. The molecule has 3 N–H and O–H groups in total. The molecule has 0 aliphatic rings. The first-order valence-electron chi connectivity index (χ1n) is 24.1. The topological polar surface area (TPSA) is 95.9 Å². The fraction of sp³-hybridized carbons (Fsp3) is 0.660. The lowest BCUT2D eigenvalue weighted by Gasteiger charge is -2.24. The van der Waals surface area contributed by atoms with Crippen molar-refractivity contribution in [3.05, 3.63) is 97.2 Å². The third kappa shape index (κ3) is 41.3. The van der Waals surface area contributed by atoms with Crippen molar-refractivity contribution >= 4 is 11.9 Å². The molecule has 59 heavy (non-hydrogen) atoms. The first-order chi connectivity index (χ1) is 29.0. The summed E-state index contributed by atoms with van der Waals surface area (Å²) in [5, 5.41) is 23.6. The summed E-state index contributed by atoms with van der Waals surface area (Å²) in [7, 11) is 0. The van der Waals surface area contributed by atoms with E-state index < -0.39 is 18.2 Å². The highest BCUT2D eigenvalue weighted by molar-refractivity contribution is 5.77. The Morgan fingerprint density at radius 1 is 0.508 bits per heavy atom. The number of hydrogen-bond donors (Lipinski definition) is 3. The van der Waals surface area contributed by atoms with Gasteiger partial charge in [0, 0.05) is 6.42 Å². The molecule has 0 bridgehead atoms.